The van der Waals surface area contributed by atoms with E-state index in [-0.39, 0.29) is 24.0 Å². The first-order chi connectivity index (χ1) is 12.3. The molecule has 0 aliphatic rings. The molecule has 2 rings (SSSR count). The number of carbonyl (C=O) groups is 2. The molecule has 0 fully saturated rings. The second-order valence-electron chi connectivity index (χ2n) is 5.87. The molecule has 138 valence electrons. The number of pyridine rings is 1. The van der Waals surface area contributed by atoms with Gasteiger partial charge in [-0.15, -0.1) is 0 Å². The molecule has 0 spiro atoms. The van der Waals surface area contributed by atoms with Crippen LogP contribution in [0.2, 0.25) is 0 Å². The molecule has 10 nitrogen and oxygen atoms in total. The monoisotopic (exact) mass is 358 g/mol. The maximum Gasteiger partial charge on any atom is 0.271 e. The van der Waals surface area contributed by atoms with E-state index < -0.39 is 5.91 Å². The highest BCUT2D eigenvalue weighted by molar-refractivity contribution is 5.96. The minimum Gasteiger partial charge on any atom is -0.364 e. The van der Waals surface area contributed by atoms with Crippen molar-refractivity contribution in [3.8, 4) is 0 Å². The molecular weight excluding hydrogens is 336 g/mol. The number of hydrazine groups is 1. The van der Waals surface area contributed by atoms with Crippen molar-refractivity contribution in [1.82, 2.24) is 15.0 Å². The van der Waals surface area contributed by atoms with Crippen LogP contribution in [-0.2, 0) is 4.79 Å². The number of nitrogens with two attached hydrogens (primary N) is 2. The average Bonchev–Trinajstić information content (AvgIpc) is 2.61. The molecule has 5 N–H and O–H groups in total. The summed E-state index contributed by atoms with van der Waals surface area (Å²) in [6.07, 6.45) is 3.97. The molecule has 0 saturated carbocycles. The first kappa shape index (κ1) is 19.1. The van der Waals surface area contributed by atoms with Gasteiger partial charge in [0.25, 0.3) is 5.91 Å². The van der Waals surface area contributed by atoms with E-state index in [2.05, 4.69) is 20.3 Å². The molecule has 1 amide bonds. The summed E-state index contributed by atoms with van der Waals surface area (Å²) >= 11 is 0. The van der Waals surface area contributed by atoms with Crippen LogP contribution in [0, 0.1) is 0 Å². The first-order valence-electron chi connectivity index (χ1n) is 7.88. The summed E-state index contributed by atoms with van der Waals surface area (Å²) in [5.41, 5.74) is 6.02. The summed E-state index contributed by atoms with van der Waals surface area (Å²) in [4.78, 5) is 36.8. The summed E-state index contributed by atoms with van der Waals surface area (Å²) in [7, 11) is 3.73. The Morgan fingerprint density at radius 3 is 2.69 bits per heavy atom. The number of hydrogen-bond acceptors (Lipinski definition) is 9. The van der Waals surface area contributed by atoms with Gasteiger partial charge < -0.3 is 20.7 Å². The number of nitrogens with one attached hydrogen (secondary N) is 1. The number of amides is 1. The van der Waals surface area contributed by atoms with Crippen LogP contribution in [0.25, 0.3) is 0 Å². The summed E-state index contributed by atoms with van der Waals surface area (Å²) in [5, 5.41) is 4.34. The largest absolute Gasteiger partial charge is 0.364 e. The lowest BCUT2D eigenvalue weighted by atomic mass is 10.2. The van der Waals surface area contributed by atoms with Gasteiger partial charge in [0.15, 0.2) is 17.3 Å². The smallest absolute Gasteiger partial charge is 0.271 e. The highest BCUT2D eigenvalue weighted by Crippen LogP contribution is 2.22. The van der Waals surface area contributed by atoms with E-state index in [1.165, 1.54) is 11.2 Å². The zero-order valence-corrected chi connectivity index (χ0v) is 14.9. The van der Waals surface area contributed by atoms with Gasteiger partial charge in [0.2, 0.25) is 0 Å². The van der Waals surface area contributed by atoms with E-state index >= 15 is 0 Å². The second kappa shape index (κ2) is 8.21. The third-order valence-corrected chi connectivity index (χ3v) is 3.64. The van der Waals surface area contributed by atoms with E-state index in [0.717, 1.165) is 12.1 Å². The lowest BCUT2D eigenvalue weighted by molar-refractivity contribution is -0.108. The highest BCUT2D eigenvalue weighted by Gasteiger charge is 2.18. The molecule has 0 radical (unpaired) electrons. The summed E-state index contributed by atoms with van der Waals surface area (Å²) in [6, 6.07) is 3.23. The summed E-state index contributed by atoms with van der Waals surface area (Å²) in [5.74, 6) is 6.45. The van der Waals surface area contributed by atoms with Gasteiger partial charge in [-0.05, 0) is 13.0 Å². The second-order valence-corrected chi connectivity index (χ2v) is 5.87. The van der Waals surface area contributed by atoms with Gasteiger partial charge >= 0.3 is 0 Å². The zero-order valence-electron chi connectivity index (χ0n) is 14.9. The Morgan fingerprint density at radius 1 is 1.35 bits per heavy atom. The van der Waals surface area contributed by atoms with Gasteiger partial charge in [0.1, 0.15) is 12.1 Å². The number of aromatic nitrogens is 3. The minimum absolute atomic E-state index is 0.0200. The van der Waals surface area contributed by atoms with Crippen LogP contribution in [0.5, 0.6) is 0 Å². The SMILES string of the molecule is C[C@H](CC=O)N(N)c1cnc(C(N)=O)c(Nc2ccnc(N(C)C)c2)n1. The molecule has 2 heterocycles. The van der Waals surface area contributed by atoms with Gasteiger partial charge in [0, 0.05) is 38.5 Å². The molecule has 0 saturated heterocycles. The Labute approximate surface area is 151 Å². The fourth-order valence-electron chi connectivity index (χ4n) is 2.13. The van der Waals surface area contributed by atoms with Crippen LogP contribution >= 0.6 is 0 Å². The Kier molecular flexibility index (Phi) is 6.02. The third kappa shape index (κ3) is 4.42. The van der Waals surface area contributed by atoms with Crippen LogP contribution < -0.4 is 26.8 Å². The van der Waals surface area contributed by atoms with Crippen LogP contribution in [0.4, 0.5) is 23.1 Å². The van der Waals surface area contributed by atoms with Crippen LogP contribution in [-0.4, -0.2) is 47.3 Å². The fraction of sp³-hybridized carbons (Fsp3) is 0.312. The first-order valence-corrected chi connectivity index (χ1v) is 7.88. The topological polar surface area (TPSA) is 143 Å². The van der Waals surface area contributed by atoms with Crippen LogP contribution in [0.1, 0.15) is 23.8 Å². The van der Waals surface area contributed by atoms with Gasteiger partial charge in [-0.2, -0.15) is 0 Å². The van der Waals surface area contributed by atoms with Crippen LogP contribution in [0.3, 0.4) is 0 Å². The van der Waals surface area contributed by atoms with Crippen molar-refractivity contribution in [2.24, 2.45) is 11.6 Å². The zero-order chi connectivity index (χ0) is 19.3. The normalized spacial score (nSPS) is 11.5. The van der Waals surface area contributed by atoms with Crippen molar-refractivity contribution >= 4 is 35.3 Å². The van der Waals surface area contributed by atoms with E-state index in [1.807, 2.05) is 19.0 Å². The lowest BCUT2D eigenvalue weighted by Crippen LogP contribution is -2.40. The van der Waals surface area contributed by atoms with E-state index in [0.29, 0.717) is 11.5 Å². The number of rotatable bonds is 8. The Balaban J connectivity index is 2.38. The van der Waals surface area contributed by atoms with Crippen molar-refractivity contribution in [2.75, 3.05) is 29.3 Å². The van der Waals surface area contributed by atoms with E-state index in [1.54, 1.807) is 25.3 Å². The van der Waals surface area contributed by atoms with Crippen molar-refractivity contribution in [1.29, 1.82) is 0 Å². The van der Waals surface area contributed by atoms with Crippen molar-refractivity contribution in [3.63, 3.8) is 0 Å². The average molecular weight is 358 g/mol. The number of primary amides is 1. The molecule has 26 heavy (non-hydrogen) atoms. The molecule has 0 aliphatic heterocycles. The Hall–Kier alpha value is -3.27. The highest BCUT2D eigenvalue weighted by atomic mass is 16.1. The van der Waals surface area contributed by atoms with Gasteiger partial charge in [-0.1, -0.05) is 0 Å². The Bertz CT molecular complexity index is 796. The van der Waals surface area contributed by atoms with Gasteiger partial charge in [-0.25, -0.2) is 20.8 Å². The maximum atomic E-state index is 11.7. The lowest BCUT2D eigenvalue weighted by Gasteiger charge is -2.24. The third-order valence-electron chi connectivity index (χ3n) is 3.64. The number of carbonyl (C=O) groups excluding carboxylic acids is 2. The Morgan fingerprint density at radius 2 is 2.08 bits per heavy atom. The quantitative estimate of drug-likeness (QED) is 0.348. The predicted molar refractivity (Wildman–Crippen MR) is 99.2 cm³/mol. The maximum absolute atomic E-state index is 11.7. The van der Waals surface area contributed by atoms with E-state index in [4.69, 9.17) is 11.6 Å². The fourth-order valence-corrected chi connectivity index (χ4v) is 2.13. The number of hydrogen-bond donors (Lipinski definition) is 3. The molecule has 0 bridgehead atoms. The standard InChI is InChI=1S/C16H22N8O2/c1-10(5-7-25)24(18)13-9-20-14(15(17)26)16(22-13)21-11-4-6-19-12(8-11)23(2)3/h4,6-10H,5,18H2,1-3H3,(H2,17,26)(H,19,21,22)/t10-/m1/s1. The summed E-state index contributed by atoms with van der Waals surface area (Å²) in [6.45, 7) is 1.78. The summed E-state index contributed by atoms with van der Waals surface area (Å²) < 4.78 is 0. The van der Waals surface area contributed by atoms with Crippen molar-refractivity contribution in [3.05, 3.63) is 30.2 Å². The molecule has 0 unspecified atom stereocenters. The van der Waals surface area contributed by atoms with Gasteiger partial charge in [0.05, 0.1) is 12.2 Å². The van der Waals surface area contributed by atoms with Crippen molar-refractivity contribution < 1.29 is 9.59 Å². The molecule has 0 aliphatic carbocycles. The molecule has 10 heteroatoms. The molecule has 2 aromatic rings. The van der Waals surface area contributed by atoms with E-state index in [9.17, 15) is 9.59 Å². The number of nitrogens with zero attached hydrogens (tertiary/aromatic N) is 5. The molecular formula is C16H22N8O2. The van der Waals surface area contributed by atoms with Gasteiger partial charge in [-0.3, -0.25) is 9.80 Å². The minimum atomic E-state index is -0.724. The van der Waals surface area contributed by atoms with Crippen LogP contribution in [0.15, 0.2) is 24.5 Å². The molecule has 0 aromatic carbocycles. The van der Waals surface area contributed by atoms with Crippen molar-refractivity contribution in [2.45, 2.75) is 19.4 Å². The molecule has 2 aromatic heterocycles. The predicted octanol–water partition coefficient (Wildman–Crippen LogP) is 0.438. The molecule has 1 atom stereocenters. The number of anilines is 4. The number of aldehydes is 1.